The number of ether oxygens (including phenoxy) is 1. The SMILES string of the molecule is CN(C(=O)OC(C)(C)C)[C@H]1C[C@@H](Cc2nc(Cl)cn3nccc23)C1. The molecule has 2 heterocycles. The molecule has 0 saturated heterocycles. The first kappa shape index (κ1) is 17.0. The zero-order valence-electron chi connectivity index (χ0n) is 14.5. The Morgan fingerprint density at radius 3 is 2.83 bits per heavy atom. The van der Waals surface area contributed by atoms with Crippen LogP contribution in [-0.4, -0.2) is 44.3 Å². The maximum absolute atomic E-state index is 12.1. The fourth-order valence-electron chi connectivity index (χ4n) is 3.05. The zero-order chi connectivity index (χ0) is 17.5. The fourth-order valence-corrected chi connectivity index (χ4v) is 3.25. The molecule has 0 spiro atoms. The molecule has 6 nitrogen and oxygen atoms in total. The van der Waals surface area contributed by atoms with Crippen molar-refractivity contribution in [2.45, 2.75) is 51.7 Å². The van der Waals surface area contributed by atoms with Gasteiger partial charge in [-0.1, -0.05) is 11.6 Å². The largest absolute Gasteiger partial charge is 0.444 e. The molecule has 2 aromatic heterocycles. The number of rotatable bonds is 3. The van der Waals surface area contributed by atoms with Crippen LogP contribution in [0, 0.1) is 5.92 Å². The summed E-state index contributed by atoms with van der Waals surface area (Å²) in [6.45, 7) is 5.64. The number of carbonyl (C=O) groups excluding carboxylic acids is 1. The van der Waals surface area contributed by atoms with E-state index >= 15 is 0 Å². The molecule has 1 fully saturated rings. The number of amides is 1. The first-order valence-electron chi connectivity index (χ1n) is 8.17. The smallest absolute Gasteiger partial charge is 0.410 e. The highest BCUT2D eigenvalue weighted by Crippen LogP contribution is 2.35. The van der Waals surface area contributed by atoms with Crippen LogP contribution in [0.1, 0.15) is 39.3 Å². The minimum absolute atomic E-state index is 0.227. The van der Waals surface area contributed by atoms with Gasteiger partial charge >= 0.3 is 6.09 Å². The van der Waals surface area contributed by atoms with Crippen LogP contribution in [0.2, 0.25) is 5.15 Å². The van der Waals surface area contributed by atoms with Crippen LogP contribution in [0.25, 0.3) is 5.52 Å². The van der Waals surface area contributed by atoms with Crippen molar-refractivity contribution in [3.05, 3.63) is 29.3 Å². The van der Waals surface area contributed by atoms with Gasteiger partial charge in [-0.25, -0.2) is 14.3 Å². The van der Waals surface area contributed by atoms with Crippen molar-refractivity contribution >= 4 is 23.2 Å². The Morgan fingerprint density at radius 2 is 2.17 bits per heavy atom. The van der Waals surface area contributed by atoms with Crippen LogP contribution >= 0.6 is 11.6 Å². The van der Waals surface area contributed by atoms with Crippen LogP contribution in [-0.2, 0) is 11.2 Å². The molecule has 7 heteroatoms. The Morgan fingerprint density at radius 1 is 1.46 bits per heavy atom. The normalized spacial score (nSPS) is 20.7. The lowest BCUT2D eigenvalue weighted by atomic mass is 9.77. The molecule has 3 rings (SSSR count). The molecule has 1 aliphatic carbocycles. The van der Waals surface area contributed by atoms with E-state index in [9.17, 15) is 4.79 Å². The minimum Gasteiger partial charge on any atom is -0.444 e. The molecule has 0 bridgehead atoms. The molecule has 1 saturated carbocycles. The molecule has 2 aromatic rings. The predicted octanol–water partition coefficient (Wildman–Crippen LogP) is 3.57. The molecule has 0 aromatic carbocycles. The summed E-state index contributed by atoms with van der Waals surface area (Å²) in [7, 11) is 1.81. The van der Waals surface area contributed by atoms with Gasteiger partial charge in [0.05, 0.1) is 23.6 Å². The van der Waals surface area contributed by atoms with E-state index in [4.69, 9.17) is 16.3 Å². The number of fused-ring (bicyclic) bond motifs is 1. The Labute approximate surface area is 146 Å². The summed E-state index contributed by atoms with van der Waals surface area (Å²) in [4.78, 5) is 18.3. The van der Waals surface area contributed by atoms with E-state index in [0.29, 0.717) is 11.1 Å². The van der Waals surface area contributed by atoms with Crippen LogP contribution in [0.4, 0.5) is 4.79 Å². The molecule has 0 unspecified atom stereocenters. The lowest BCUT2D eigenvalue weighted by Gasteiger charge is -2.41. The van der Waals surface area contributed by atoms with Crippen LogP contribution < -0.4 is 0 Å². The van der Waals surface area contributed by atoms with Crippen LogP contribution in [0.15, 0.2) is 18.5 Å². The Hall–Kier alpha value is -1.82. The number of hydrogen-bond acceptors (Lipinski definition) is 4. The average molecular weight is 351 g/mol. The number of nitrogens with zero attached hydrogens (tertiary/aromatic N) is 4. The topological polar surface area (TPSA) is 59.7 Å². The van der Waals surface area contributed by atoms with Gasteiger partial charge in [-0.15, -0.1) is 0 Å². The van der Waals surface area contributed by atoms with E-state index in [1.165, 1.54) is 0 Å². The van der Waals surface area contributed by atoms with E-state index < -0.39 is 5.60 Å². The van der Waals surface area contributed by atoms with Crippen molar-refractivity contribution in [2.75, 3.05) is 7.05 Å². The Kier molecular flexibility index (Phi) is 4.42. The first-order chi connectivity index (χ1) is 11.2. The molecular weight excluding hydrogens is 328 g/mol. The lowest BCUT2D eigenvalue weighted by Crippen LogP contribution is -2.47. The van der Waals surface area contributed by atoms with Gasteiger partial charge in [0.1, 0.15) is 10.8 Å². The highest BCUT2D eigenvalue weighted by Gasteiger charge is 2.36. The van der Waals surface area contributed by atoms with Gasteiger partial charge in [-0.2, -0.15) is 5.10 Å². The van der Waals surface area contributed by atoms with Crippen molar-refractivity contribution < 1.29 is 9.53 Å². The Bertz CT molecular complexity index is 747. The van der Waals surface area contributed by atoms with Crippen molar-refractivity contribution in [1.82, 2.24) is 19.5 Å². The summed E-state index contributed by atoms with van der Waals surface area (Å²) in [5.41, 5.74) is 1.49. The molecule has 0 radical (unpaired) electrons. The number of aromatic nitrogens is 3. The molecule has 130 valence electrons. The predicted molar refractivity (Wildman–Crippen MR) is 92.2 cm³/mol. The quantitative estimate of drug-likeness (QED) is 0.849. The van der Waals surface area contributed by atoms with E-state index in [1.54, 1.807) is 21.8 Å². The van der Waals surface area contributed by atoms with Crippen LogP contribution in [0.3, 0.4) is 0 Å². The van der Waals surface area contributed by atoms with Gasteiger partial charge in [0.2, 0.25) is 0 Å². The van der Waals surface area contributed by atoms with Gasteiger partial charge in [0.25, 0.3) is 0 Å². The molecule has 0 N–H and O–H groups in total. The van der Waals surface area contributed by atoms with E-state index in [-0.39, 0.29) is 12.1 Å². The second-order valence-electron chi connectivity index (χ2n) is 7.46. The highest BCUT2D eigenvalue weighted by atomic mass is 35.5. The van der Waals surface area contributed by atoms with Gasteiger partial charge in [0, 0.05) is 13.1 Å². The van der Waals surface area contributed by atoms with E-state index in [2.05, 4.69) is 10.1 Å². The fraction of sp³-hybridized carbons (Fsp3) is 0.588. The number of halogens is 1. The zero-order valence-corrected chi connectivity index (χ0v) is 15.2. The summed E-state index contributed by atoms with van der Waals surface area (Å²) in [6.07, 6.45) is 5.94. The second kappa shape index (κ2) is 6.24. The number of carbonyl (C=O) groups is 1. The summed E-state index contributed by atoms with van der Waals surface area (Å²) in [5, 5.41) is 4.66. The van der Waals surface area contributed by atoms with Crippen molar-refractivity contribution in [3.63, 3.8) is 0 Å². The summed E-state index contributed by atoms with van der Waals surface area (Å²) in [6, 6.07) is 2.17. The van der Waals surface area contributed by atoms with E-state index in [0.717, 1.165) is 30.5 Å². The van der Waals surface area contributed by atoms with Crippen molar-refractivity contribution in [1.29, 1.82) is 0 Å². The molecule has 1 aliphatic rings. The minimum atomic E-state index is -0.465. The van der Waals surface area contributed by atoms with Crippen molar-refractivity contribution in [3.8, 4) is 0 Å². The third kappa shape index (κ3) is 3.64. The van der Waals surface area contributed by atoms with E-state index in [1.807, 2.05) is 33.9 Å². The first-order valence-corrected chi connectivity index (χ1v) is 8.55. The summed E-state index contributed by atoms with van der Waals surface area (Å²) >= 11 is 6.07. The summed E-state index contributed by atoms with van der Waals surface area (Å²) < 4.78 is 7.18. The summed E-state index contributed by atoms with van der Waals surface area (Å²) in [5.74, 6) is 0.490. The monoisotopic (exact) mass is 350 g/mol. The van der Waals surface area contributed by atoms with Gasteiger partial charge in [-0.05, 0) is 52.0 Å². The highest BCUT2D eigenvalue weighted by molar-refractivity contribution is 6.29. The van der Waals surface area contributed by atoms with Crippen LogP contribution in [0.5, 0.6) is 0 Å². The number of hydrogen-bond donors (Lipinski definition) is 0. The van der Waals surface area contributed by atoms with Gasteiger partial charge in [-0.3, -0.25) is 0 Å². The molecular formula is C17H23ClN4O2. The van der Waals surface area contributed by atoms with Gasteiger partial charge in [0.15, 0.2) is 0 Å². The van der Waals surface area contributed by atoms with Crippen molar-refractivity contribution in [2.24, 2.45) is 5.92 Å². The molecule has 24 heavy (non-hydrogen) atoms. The maximum Gasteiger partial charge on any atom is 0.410 e. The average Bonchev–Trinajstić information content (AvgIpc) is 2.87. The second-order valence-corrected chi connectivity index (χ2v) is 7.85. The standard InChI is InChI=1S/C17H23ClN4O2/c1-17(2,3)24-16(23)21(4)12-7-11(8-12)9-13-14-5-6-19-22(14)10-15(18)20-13/h5-6,10-12H,7-9H2,1-4H3/t11-,12+. The third-order valence-corrected chi connectivity index (χ3v) is 4.54. The third-order valence-electron chi connectivity index (χ3n) is 4.36. The maximum atomic E-state index is 12.1. The molecule has 0 aliphatic heterocycles. The Balaban J connectivity index is 1.59. The van der Waals surface area contributed by atoms with Gasteiger partial charge < -0.3 is 9.64 Å². The lowest BCUT2D eigenvalue weighted by molar-refractivity contribution is 0.00661. The molecule has 0 atom stereocenters. The molecule has 1 amide bonds.